The Morgan fingerprint density at radius 1 is 0.310 bits per heavy atom. The summed E-state index contributed by atoms with van der Waals surface area (Å²) in [6.07, 6.45) is 46.1. The number of ether oxygens (including phenoxy) is 6. The van der Waals surface area contributed by atoms with Crippen molar-refractivity contribution in [3.63, 3.8) is 0 Å². The molecule has 0 unspecified atom stereocenters. The lowest BCUT2D eigenvalue weighted by atomic mass is 10.1. The fraction of sp³-hybridized carbons (Fsp3) is 0.667. The summed E-state index contributed by atoms with van der Waals surface area (Å²) in [6, 6.07) is 9.88. The van der Waals surface area contributed by atoms with Gasteiger partial charge in [0.2, 0.25) is 0 Å². The first kappa shape index (κ1) is 72.7. The van der Waals surface area contributed by atoms with E-state index < -0.39 is 11.6 Å². The SMILES string of the molecule is CCCCCCCCOc1cc(O)c(C(=O)/C=C/Nc2cc(OCCCCCCCC)c(OCCCCCCCC)cc2N/C=C/C(=O)c2cc(OCCCCCCCC)c(OCCCCCCCC)cc2O)cc1OCCCCCCCC. The number of allylic oxidation sites excluding steroid dienone is 2. The van der Waals surface area contributed by atoms with Gasteiger partial charge in [0.05, 0.1) is 62.1 Å². The number of nitrogens with one attached hydrogen (secondary N) is 2. The molecule has 3 aromatic rings. The molecule has 0 bridgehead atoms. The molecule has 0 atom stereocenters. The van der Waals surface area contributed by atoms with Gasteiger partial charge in [-0.3, -0.25) is 9.59 Å². The summed E-state index contributed by atoms with van der Waals surface area (Å²) >= 11 is 0. The molecule has 0 radical (unpaired) electrons. The van der Waals surface area contributed by atoms with Crippen molar-refractivity contribution in [2.24, 2.45) is 0 Å². The summed E-state index contributed by atoms with van der Waals surface area (Å²) in [5, 5.41) is 29.2. The van der Waals surface area contributed by atoms with Gasteiger partial charge in [-0.05, 0) is 50.7 Å². The molecule has 3 aromatic carbocycles. The van der Waals surface area contributed by atoms with E-state index in [0.717, 1.165) is 116 Å². The number of hydrogen-bond donors (Lipinski definition) is 4. The third kappa shape index (κ3) is 32.1. The Kier molecular flexibility index (Phi) is 42.2. The van der Waals surface area contributed by atoms with E-state index in [0.29, 0.717) is 85.5 Å². The van der Waals surface area contributed by atoms with Crippen LogP contribution in [-0.2, 0) is 0 Å². The van der Waals surface area contributed by atoms with Crippen LogP contribution in [0, 0.1) is 0 Å². The van der Waals surface area contributed by atoms with E-state index in [4.69, 9.17) is 28.4 Å². The maximum atomic E-state index is 14.0. The first-order valence-corrected chi connectivity index (χ1v) is 33.8. The molecule has 0 heterocycles. The highest BCUT2D eigenvalue weighted by molar-refractivity contribution is 6.08. The molecular formula is C72H116N2O10. The molecule has 0 saturated carbocycles. The zero-order chi connectivity index (χ0) is 60.5. The van der Waals surface area contributed by atoms with E-state index in [2.05, 4.69) is 52.2 Å². The summed E-state index contributed by atoms with van der Waals surface area (Å²) in [5.41, 5.74) is 1.28. The van der Waals surface area contributed by atoms with Crippen LogP contribution in [0.5, 0.6) is 46.0 Å². The molecular weight excluding hydrogens is 1050 g/mol. The maximum absolute atomic E-state index is 14.0. The van der Waals surface area contributed by atoms with Crippen LogP contribution in [-0.4, -0.2) is 61.4 Å². The van der Waals surface area contributed by atoms with Gasteiger partial charge in [0.25, 0.3) is 0 Å². The third-order valence-corrected chi connectivity index (χ3v) is 15.2. The number of ketones is 2. The minimum atomic E-state index is -0.431. The van der Waals surface area contributed by atoms with Gasteiger partial charge in [0.1, 0.15) is 11.5 Å². The molecule has 0 amide bonds. The second-order valence-corrected chi connectivity index (χ2v) is 22.9. The molecule has 12 nitrogen and oxygen atoms in total. The van der Waals surface area contributed by atoms with E-state index >= 15 is 0 Å². The summed E-state index contributed by atoms with van der Waals surface area (Å²) in [4.78, 5) is 28.1. The molecule has 0 aliphatic heterocycles. The van der Waals surface area contributed by atoms with Crippen molar-refractivity contribution < 1.29 is 48.2 Å². The van der Waals surface area contributed by atoms with Crippen molar-refractivity contribution in [3.05, 3.63) is 72.1 Å². The Labute approximate surface area is 510 Å². The number of anilines is 2. The zero-order valence-electron chi connectivity index (χ0n) is 53.6. The average Bonchev–Trinajstić information content (AvgIpc) is 3.63. The third-order valence-electron chi connectivity index (χ3n) is 15.2. The van der Waals surface area contributed by atoms with Crippen molar-refractivity contribution in [3.8, 4) is 46.0 Å². The minimum Gasteiger partial charge on any atom is -0.507 e. The van der Waals surface area contributed by atoms with Crippen LogP contribution >= 0.6 is 0 Å². The largest absolute Gasteiger partial charge is 0.507 e. The highest BCUT2D eigenvalue weighted by Gasteiger charge is 2.19. The van der Waals surface area contributed by atoms with Crippen molar-refractivity contribution in [1.82, 2.24) is 0 Å². The molecule has 4 N–H and O–H groups in total. The quantitative estimate of drug-likeness (QED) is 0.0242. The standard InChI is InChI=1S/C72H116N2O10/c1-7-13-19-25-31-37-47-79-67-53-59(65(77)57-71(67)83-51-41-35-29-23-17-11-5)63(75)43-45-73-61-55-69(81-49-39-33-27-21-15-9-3)70(82-50-40-34-28-22-16-10-4)56-62(61)74-46-44-64(76)60-54-68(80-48-38-32-26-20-14-8-2)72(58-66(60)78)84-52-42-36-30-24-18-12-6/h43-46,53-58,73-74,77-78H,7-42,47-52H2,1-6H3/b45-43+,46-44+. The monoisotopic (exact) mass is 1170 g/mol. The first-order chi connectivity index (χ1) is 41.2. The number of phenols is 2. The second kappa shape index (κ2) is 48.7. The summed E-state index contributed by atoms with van der Waals surface area (Å²) in [5.74, 6) is 1.59. The fourth-order valence-electron chi connectivity index (χ4n) is 9.95. The van der Waals surface area contributed by atoms with Crippen molar-refractivity contribution in [2.45, 2.75) is 273 Å². The number of rotatable bonds is 56. The van der Waals surface area contributed by atoms with E-state index in [1.807, 2.05) is 12.1 Å². The normalized spacial score (nSPS) is 11.4. The van der Waals surface area contributed by atoms with E-state index in [1.165, 1.54) is 152 Å². The van der Waals surface area contributed by atoms with Crippen molar-refractivity contribution >= 4 is 22.9 Å². The topological polar surface area (TPSA) is 154 Å². The maximum Gasteiger partial charge on any atom is 0.191 e. The fourth-order valence-corrected chi connectivity index (χ4v) is 9.95. The predicted molar refractivity (Wildman–Crippen MR) is 350 cm³/mol. The van der Waals surface area contributed by atoms with Crippen LogP contribution < -0.4 is 39.1 Å². The highest BCUT2D eigenvalue weighted by Crippen LogP contribution is 2.40. The van der Waals surface area contributed by atoms with Gasteiger partial charge in [-0.15, -0.1) is 0 Å². The lowest BCUT2D eigenvalue weighted by Gasteiger charge is -2.18. The van der Waals surface area contributed by atoms with Crippen LogP contribution in [0.3, 0.4) is 0 Å². The Balaban J connectivity index is 1.98. The van der Waals surface area contributed by atoms with Crippen molar-refractivity contribution in [1.29, 1.82) is 0 Å². The smallest absolute Gasteiger partial charge is 0.191 e. The number of benzene rings is 3. The molecule has 3 rings (SSSR count). The van der Waals surface area contributed by atoms with Crippen LogP contribution in [0.1, 0.15) is 293 Å². The van der Waals surface area contributed by atoms with Gasteiger partial charge in [-0.2, -0.15) is 0 Å². The Morgan fingerprint density at radius 3 is 0.750 bits per heavy atom. The van der Waals surface area contributed by atoms with Crippen LogP contribution in [0.4, 0.5) is 11.4 Å². The molecule has 0 aromatic heterocycles. The van der Waals surface area contributed by atoms with E-state index in [1.54, 1.807) is 12.1 Å². The predicted octanol–water partition coefficient (Wildman–Crippen LogP) is 21.2. The van der Waals surface area contributed by atoms with E-state index in [9.17, 15) is 19.8 Å². The molecule has 84 heavy (non-hydrogen) atoms. The molecule has 474 valence electrons. The molecule has 0 saturated heterocycles. The summed E-state index contributed by atoms with van der Waals surface area (Å²) in [6.45, 7) is 16.2. The molecule has 12 heteroatoms. The van der Waals surface area contributed by atoms with Gasteiger partial charge in [0, 0.05) is 48.8 Å². The Hall–Kier alpha value is -5.52. The lowest BCUT2D eigenvalue weighted by molar-refractivity contribution is 0.103. The number of phenolic OH excluding ortho intramolecular Hbond substituents is 2. The first-order valence-electron chi connectivity index (χ1n) is 33.8. The number of carbonyl (C=O) groups excluding carboxylic acids is 2. The van der Waals surface area contributed by atoms with Crippen LogP contribution in [0.25, 0.3) is 0 Å². The van der Waals surface area contributed by atoms with Gasteiger partial charge in [-0.25, -0.2) is 0 Å². The molecule has 0 aliphatic rings. The second-order valence-electron chi connectivity index (χ2n) is 22.9. The Morgan fingerprint density at radius 2 is 0.512 bits per heavy atom. The van der Waals surface area contributed by atoms with Crippen molar-refractivity contribution in [2.75, 3.05) is 50.3 Å². The molecule has 0 spiro atoms. The van der Waals surface area contributed by atoms with E-state index in [-0.39, 0.29) is 22.6 Å². The number of carbonyl (C=O) groups is 2. The molecule has 0 aliphatic carbocycles. The van der Waals surface area contributed by atoms with Gasteiger partial charge >= 0.3 is 0 Å². The zero-order valence-corrected chi connectivity index (χ0v) is 53.6. The lowest BCUT2D eigenvalue weighted by Crippen LogP contribution is -2.06. The number of aromatic hydroxyl groups is 2. The van der Waals surface area contributed by atoms with Gasteiger partial charge in [-0.1, -0.05) is 234 Å². The minimum absolute atomic E-state index is 0.0933. The average molecular weight is 1170 g/mol. The highest BCUT2D eigenvalue weighted by atomic mass is 16.5. The van der Waals surface area contributed by atoms with Gasteiger partial charge < -0.3 is 49.3 Å². The number of hydrogen-bond acceptors (Lipinski definition) is 12. The van der Waals surface area contributed by atoms with Gasteiger partial charge in [0.15, 0.2) is 46.1 Å². The number of unbranched alkanes of at least 4 members (excludes halogenated alkanes) is 30. The molecule has 0 fully saturated rings. The van der Waals surface area contributed by atoms with Crippen LogP contribution in [0.15, 0.2) is 61.0 Å². The summed E-state index contributed by atoms with van der Waals surface area (Å²) in [7, 11) is 0. The van der Waals surface area contributed by atoms with Crippen LogP contribution in [0.2, 0.25) is 0 Å². The summed E-state index contributed by atoms with van der Waals surface area (Å²) < 4.78 is 37.9. The Bertz CT molecular complexity index is 2090.